The Morgan fingerprint density at radius 1 is 1.40 bits per heavy atom. The number of nitrogens with two attached hydrogens (primary N) is 1. The van der Waals surface area contributed by atoms with E-state index in [-0.39, 0.29) is 0 Å². The Labute approximate surface area is 64.0 Å². The van der Waals surface area contributed by atoms with Crippen LogP contribution in [-0.4, -0.2) is 6.04 Å². The maximum absolute atomic E-state index is 5.62. The molecule has 1 heteroatoms. The van der Waals surface area contributed by atoms with Gasteiger partial charge in [-0.1, -0.05) is 32.1 Å². The molecule has 60 valence electrons. The second-order valence-corrected chi connectivity index (χ2v) is 3.71. The topological polar surface area (TPSA) is 26.0 Å². The van der Waals surface area contributed by atoms with Crippen molar-refractivity contribution in [3.63, 3.8) is 0 Å². The van der Waals surface area contributed by atoms with Gasteiger partial charge in [-0.2, -0.15) is 0 Å². The summed E-state index contributed by atoms with van der Waals surface area (Å²) in [6.45, 7) is 2.09. The van der Waals surface area contributed by atoms with Gasteiger partial charge >= 0.3 is 0 Å². The van der Waals surface area contributed by atoms with Crippen LogP contribution in [0.15, 0.2) is 0 Å². The summed E-state index contributed by atoms with van der Waals surface area (Å²) in [6, 6.07) is 0.416. The Hall–Kier alpha value is -0.0400. The summed E-state index contributed by atoms with van der Waals surface area (Å²) < 4.78 is 0. The largest absolute Gasteiger partial charge is 0.328 e. The predicted molar refractivity (Wildman–Crippen MR) is 44.8 cm³/mol. The molecule has 1 atom stereocenters. The van der Waals surface area contributed by atoms with Crippen LogP contribution in [0.3, 0.4) is 0 Å². The zero-order chi connectivity index (χ0) is 7.40. The van der Waals surface area contributed by atoms with E-state index in [1.54, 1.807) is 0 Å². The van der Waals surface area contributed by atoms with Gasteiger partial charge in [0.25, 0.3) is 0 Å². The number of rotatable bonds is 5. The van der Waals surface area contributed by atoms with Crippen LogP contribution in [0.1, 0.15) is 45.4 Å². The van der Waals surface area contributed by atoms with Gasteiger partial charge in [0.2, 0.25) is 0 Å². The van der Waals surface area contributed by atoms with Gasteiger partial charge in [0, 0.05) is 6.04 Å². The fraction of sp³-hybridized carbons (Fsp3) is 1.00. The molecular weight excluding hydrogens is 122 g/mol. The molecule has 1 nitrogen and oxygen atoms in total. The van der Waals surface area contributed by atoms with Crippen LogP contribution in [-0.2, 0) is 0 Å². The third-order valence-corrected chi connectivity index (χ3v) is 2.22. The first-order chi connectivity index (χ1) is 4.79. The second-order valence-electron chi connectivity index (χ2n) is 3.71. The molecule has 1 rings (SSSR count). The number of hydrogen-bond acceptors (Lipinski definition) is 1. The van der Waals surface area contributed by atoms with Crippen LogP contribution >= 0.6 is 0 Å². The van der Waals surface area contributed by atoms with Crippen molar-refractivity contribution in [2.24, 2.45) is 11.7 Å². The minimum absolute atomic E-state index is 0.416. The van der Waals surface area contributed by atoms with E-state index in [9.17, 15) is 0 Å². The van der Waals surface area contributed by atoms with E-state index in [2.05, 4.69) is 6.92 Å². The smallest absolute Gasteiger partial charge is 0.00104 e. The quantitative estimate of drug-likeness (QED) is 0.584. The summed E-state index contributed by atoms with van der Waals surface area (Å²) in [5.41, 5.74) is 5.62. The molecule has 0 aromatic heterocycles. The lowest BCUT2D eigenvalue weighted by Gasteiger charge is -2.02. The highest BCUT2D eigenvalue weighted by atomic mass is 14.6. The molecule has 1 saturated carbocycles. The van der Waals surface area contributed by atoms with E-state index in [0.29, 0.717) is 6.04 Å². The monoisotopic (exact) mass is 141 g/mol. The van der Waals surface area contributed by atoms with E-state index in [1.807, 2.05) is 0 Å². The Kier molecular flexibility index (Phi) is 3.20. The van der Waals surface area contributed by atoms with E-state index < -0.39 is 0 Å². The Balaban J connectivity index is 1.76. The molecule has 0 radical (unpaired) electrons. The first-order valence-corrected chi connectivity index (χ1v) is 4.54. The Morgan fingerprint density at radius 2 is 2.10 bits per heavy atom. The summed E-state index contributed by atoms with van der Waals surface area (Å²) in [4.78, 5) is 0. The number of hydrogen-bond donors (Lipinski definition) is 1. The highest BCUT2D eigenvalue weighted by Crippen LogP contribution is 2.33. The number of unbranched alkanes of at least 4 members (excludes halogenated alkanes) is 1. The van der Waals surface area contributed by atoms with Gasteiger partial charge in [0.1, 0.15) is 0 Å². The molecule has 2 N–H and O–H groups in total. The zero-order valence-electron chi connectivity index (χ0n) is 6.97. The first-order valence-electron chi connectivity index (χ1n) is 4.54. The van der Waals surface area contributed by atoms with Gasteiger partial charge < -0.3 is 5.73 Å². The summed E-state index contributed by atoms with van der Waals surface area (Å²) >= 11 is 0. The van der Waals surface area contributed by atoms with E-state index in [4.69, 9.17) is 5.73 Å². The van der Waals surface area contributed by atoms with Gasteiger partial charge in [-0.15, -0.1) is 0 Å². The lowest BCUT2D eigenvalue weighted by molar-refractivity contribution is 0.559. The van der Waals surface area contributed by atoms with Gasteiger partial charge in [0.05, 0.1) is 0 Å². The second kappa shape index (κ2) is 3.97. The van der Waals surface area contributed by atoms with Gasteiger partial charge in [-0.3, -0.25) is 0 Å². The minimum Gasteiger partial charge on any atom is -0.328 e. The average molecular weight is 141 g/mol. The van der Waals surface area contributed by atoms with Crippen LogP contribution in [0.2, 0.25) is 0 Å². The lowest BCUT2D eigenvalue weighted by Crippen LogP contribution is -2.13. The molecule has 0 spiro atoms. The zero-order valence-corrected chi connectivity index (χ0v) is 6.97. The normalized spacial score (nSPS) is 21.0. The standard InChI is InChI=1S/C9H19N/c1-8(10)4-2-3-5-9-6-7-9/h8-9H,2-7,10H2,1H3. The highest BCUT2D eigenvalue weighted by molar-refractivity contribution is 4.72. The fourth-order valence-corrected chi connectivity index (χ4v) is 1.31. The third kappa shape index (κ3) is 3.89. The van der Waals surface area contributed by atoms with Crippen molar-refractivity contribution in [3.8, 4) is 0 Å². The van der Waals surface area contributed by atoms with Crippen LogP contribution in [0.4, 0.5) is 0 Å². The fourth-order valence-electron chi connectivity index (χ4n) is 1.31. The molecule has 0 amide bonds. The molecule has 1 aliphatic rings. The molecule has 0 bridgehead atoms. The third-order valence-electron chi connectivity index (χ3n) is 2.22. The summed E-state index contributed by atoms with van der Waals surface area (Å²) in [5, 5.41) is 0. The van der Waals surface area contributed by atoms with Crippen molar-refractivity contribution in [1.29, 1.82) is 0 Å². The molecule has 1 fully saturated rings. The van der Waals surface area contributed by atoms with Crippen LogP contribution in [0.25, 0.3) is 0 Å². The highest BCUT2D eigenvalue weighted by Gasteiger charge is 2.19. The van der Waals surface area contributed by atoms with Crippen molar-refractivity contribution in [1.82, 2.24) is 0 Å². The molecule has 0 aromatic rings. The Morgan fingerprint density at radius 3 is 2.60 bits per heavy atom. The van der Waals surface area contributed by atoms with Crippen LogP contribution in [0.5, 0.6) is 0 Å². The predicted octanol–water partition coefficient (Wildman–Crippen LogP) is 2.30. The van der Waals surface area contributed by atoms with Gasteiger partial charge in [-0.25, -0.2) is 0 Å². The van der Waals surface area contributed by atoms with Gasteiger partial charge in [-0.05, 0) is 19.3 Å². The summed E-state index contributed by atoms with van der Waals surface area (Å²) in [6.07, 6.45) is 8.43. The molecule has 0 heterocycles. The maximum Gasteiger partial charge on any atom is 0.00104 e. The average Bonchev–Trinajstić information content (AvgIpc) is 2.62. The van der Waals surface area contributed by atoms with Crippen molar-refractivity contribution in [2.75, 3.05) is 0 Å². The van der Waals surface area contributed by atoms with Crippen LogP contribution < -0.4 is 5.73 Å². The molecule has 1 aliphatic carbocycles. The molecule has 0 aromatic carbocycles. The van der Waals surface area contributed by atoms with Crippen molar-refractivity contribution in [3.05, 3.63) is 0 Å². The molecular formula is C9H19N. The van der Waals surface area contributed by atoms with E-state index in [0.717, 1.165) is 5.92 Å². The van der Waals surface area contributed by atoms with Gasteiger partial charge in [0.15, 0.2) is 0 Å². The summed E-state index contributed by atoms with van der Waals surface area (Å²) in [7, 11) is 0. The van der Waals surface area contributed by atoms with E-state index >= 15 is 0 Å². The van der Waals surface area contributed by atoms with E-state index in [1.165, 1.54) is 38.5 Å². The minimum atomic E-state index is 0.416. The Bertz CT molecular complexity index is 80.7. The molecule has 1 unspecified atom stereocenters. The summed E-state index contributed by atoms with van der Waals surface area (Å²) in [5.74, 6) is 1.10. The lowest BCUT2D eigenvalue weighted by atomic mass is 10.1. The van der Waals surface area contributed by atoms with Crippen LogP contribution in [0, 0.1) is 5.92 Å². The SMILES string of the molecule is CC(N)CCCCC1CC1. The van der Waals surface area contributed by atoms with Crippen molar-refractivity contribution in [2.45, 2.75) is 51.5 Å². The van der Waals surface area contributed by atoms with Crippen molar-refractivity contribution >= 4 is 0 Å². The first kappa shape index (κ1) is 8.06. The molecule has 0 saturated heterocycles. The molecule has 10 heavy (non-hydrogen) atoms. The maximum atomic E-state index is 5.62. The molecule has 0 aliphatic heterocycles. The van der Waals surface area contributed by atoms with Crippen molar-refractivity contribution < 1.29 is 0 Å².